The van der Waals surface area contributed by atoms with Gasteiger partial charge < -0.3 is 10.0 Å². The van der Waals surface area contributed by atoms with Gasteiger partial charge in [0.05, 0.1) is 5.02 Å². The molecule has 2 aromatic rings. The number of hydrogen-bond donors (Lipinski definition) is 1. The Kier molecular flexibility index (Phi) is 4.11. The molecule has 4 rings (SSSR count). The van der Waals surface area contributed by atoms with E-state index in [4.69, 9.17) is 11.6 Å². The number of nitrogens with zero attached hydrogens (tertiary/aromatic N) is 1. The van der Waals surface area contributed by atoms with Gasteiger partial charge in [0, 0.05) is 19.0 Å². The highest BCUT2D eigenvalue weighted by molar-refractivity contribution is 6.32. The quantitative estimate of drug-likeness (QED) is 0.863. The minimum Gasteiger partial charge on any atom is -0.506 e. The van der Waals surface area contributed by atoms with Crippen molar-refractivity contribution in [1.82, 2.24) is 4.90 Å². The number of rotatable bonds is 1. The molecule has 2 aromatic carbocycles. The molecule has 1 aliphatic carbocycles. The lowest BCUT2D eigenvalue weighted by Gasteiger charge is -2.26. The first-order valence-corrected chi connectivity index (χ1v) is 8.99. The molecule has 0 fully saturated rings. The van der Waals surface area contributed by atoms with Crippen LogP contribution in [-0.4, -0.2) is 30.1 Å². The van der Waals surface area contributed by atoms with Crippen molar-refractivity contribution in [2.75, 3.05) is 20.1 Å². The topological polar surface area (TPSA) is 23.5 Å². The number of hydrogen-bond acceptors (Lipinski definition) is 2. The molecule has 1 unspecified atom stereocenters. The second kappa shape index (κ2) is 6.27. The maximum atomic E-state index is 10.2. The second-order valence-corrected chi connectivity index (χ2v) is 7.33. The largest absolute Gasteiger partial charge is 0.506 e. The molecule has 24 heavy (non-hydrogen) atoms. The number of fused-ring (bicyclic) bond motifs is 2. The van der Waals surface area contributed by atoms with E-state index in [1.165, 1.54) is 27.1 Å². The van der Waals surface area contributed by atoms with Crippen LogP contribution >= 0.6 is 11.6 Å². The number of phenols is 1. The number of halogens is 1. The van der Waals surface area contributed by atoms with Gasteiger partial charge in [0.15, 0.2) is 0 Å². The van der Waals surface area contributed by atoms with Gasteiger partial charge in [-0.25, -0.2) is 0 Å². The molecule has 0 bridgehead atoms. The fourth-order valence-corrected chi connectivity index (χ4v) is 4.30. The Morgan fingerprint density at radius 3 is 2.88 bits per heavy atom. The summed E-state index contributed by atoms with van der Waals surface area (Å²) in [7, 11) is 2.18. The molecule has 2 aliphatic rings. The summed E-state index contributed by atoms with van der Waals surface area (Å²) >= 11 is 6.17. The van der Waals surface area contributed by atoms with Crippen LogP contribution in [0.1, 0.15) is 29.9 Å². The van der Waals surface area contributed by atoms with Crippen molar-refractivity contribution >= 4 is 23.3 Å². The van der Waals surface area contributed by atoms with Crippen molar-refractivity contribution in [3.05, 3.63) is 63.0 Å². The van der Waals surface area contributed by atoms with Gasteiger partial charge in [-0.15, -0.1) is 0 Å². The summed E-state index contributed by atoms with van der Waals surface area (Å²) in [6.07, 6.45) is 5.47. The molecule has 1 N–H and O–H groups in total. The predicted molar refractivity (Wildman–Crippen MR) is 99.9 cm³/mol. The lowest BCUT2D eigenvalue weighted by atomic mass is 9.82. The van der Waals surface area contributed by atoms with Crippen molar-refractivity contribution in [2.24, 2.45) is 0 Å². The van der Waals surface area contributed by atoms with Crippen LogP contribution in [0.25, 0.3) is 11.6 Å². The Morgan fingerprint density at radius 2 is 2.00 bits per heavy atom. The van der Waals surface area contributed by atoms with Crippen LogP contribution in [0.4, 0.5) is 0 Å². The average molecular weight is 340 g/mol. The summed E-state index contributed by atoms with van der Waals surface area (Å²) in [6, 6.07) is 12.5. The van der Waals surface area contributed by atoms with Gasteiger partial charge in [-0.2, -0.15) is 0 Å². The minimum atomic E-state index is 0.196. The van der Waals surface area contributed by atoms with Crippen molar-refractivity contribution in [1.29, 1.82) is 0 Å². The number of phenolic OH excluding ortho intramolecular Hbond substituents is 1. The molecular weight excluding hydrogens is 318 g/mol. The molecule has 1 aliphatic heterocycles. The van der Waals surface area contributed by atoms with Crippen LogP contribution < -0.4 is 10.4 Å². The van der Waals surface area contributed by atoms with Crippen LogP contribution in [0.2, 0.25) is 5.02 Å². The summed E-state index contributed by atoms with van der Waals surface area (Å²) < 4.78 is 0. The van der Waals surface area contributed by atoms with Gasteiger partial charge in [0.1, 0.15) is 5.75 Å². The van der Waals surface area contributed by atoms with Crippen molar-refractivity contribution in [2.45, 2.75) is 25.2 Å². The molecule has 1 atom stereocenters. The van der Waals surface area contributed by atoms with E-state index in [2.05, 4.69) is 42.3 Å². The van der Waals surface area contributed by atoms with Gasteiger partial charge in [0.2, 0.25) is 0 Å². The van der Waals surface area contributed by atoms with E-state index in [1.54, 1.807) is 0 Å². The first kappa shape index (κ1) is 15.7. The molecule has 0 amide bonds. The normalized spacial score (nSPS) is 20.8. The molecule has 1 heterocycles. The fourth-order valence-electron chi connectivity index (χ4n) is 4.12. The Bertz CT molecular complexity index is 903. The lowest BCUT2D eigenvalue weighted by Crippen LogP contribution is -2.33. The Morgan fingerprint density at radius 1 is 1.17 bits per heavy atom. The summed E-state index contributed by atoms with van der Waals surface area (Å²) in [5, 5.41) is 13.3. The van der Waals surface area contributed by atoms with E-state index >= 15 is 0 Å². The highest BCUT2D eigenvalue weighted by Crippen LogP contribution is 2.38. The zero-order valence-corrected chi connectivity index (χ0v) is 14.7. The SMILES string of the molecule is CN1CCc2cc(Cl)c(O)cc2C(C2=c3ccccc3=CCC2)C1. The van der Waals surface area contributed by atoms with Gasteiger partial charge in [-0.1, -0.05) is 47.5 Å². The van der Waals surface area contributed by atoms with E-state index in [9.17, 15) is 5.11 Å². The van der Waals surface area contributed by atoms with Crippen LogP contribution in [0.5, 0.6) is 5.75 Å². The zero-order valence-electron chi connectivity index (χ0n) is 13.9. The molecule has 3 heteroatoms. The van der Waals surface area contributed by atoms with E-state index in [-0.39, 0.29) is 5.75 Å². The summed E-state index contributed by atoms with van der Waals surface area (Å²) in [4.78, 5) is 2.39. The molecule has 0 aromatic heterocycles. The summed E-state index contributed by atoms with van der Waals surface area (Å²) in [5.41, 5.74) is 4.00. The van der Waals surface area contributed by atoms with E-state index < -0.39 is 0 Å². The first-order chi connectivity index (χ1) is 11.6. The first-order valence-electron chi connectivity index (χ1n) is 8.61. The highest BCUT2D eigenvalue weighted by atomic mass is 35.5. The van der Waals surface area contributed by atoms with Gasteiger partial charge in [0.25, 0.3) is 0 Å². The lowest BCUT2D eigenvalue weighted by molar-refractivity contribution is 0.341. The molecule has 0 saturated carbocycles. The van der Waals surface area contributed by atoms with Crippen LogP contribution in [0.3, 0.4) is 0 Å². The van der Waals surface area contributed by atoms with Gasteiger partial charge >= 0.3 is 0 Å². The Hall–Kier alpha value is -1.77. The molecular formula is C21H22ClNO. The van der Waals surface area contributed by atoms with E-state index in [0.717, 1.165) is 32.4 Å². The zero-order chi connectivity index (χ0) is 16.7. The Balaban J connectivity index is 1.95. The van der Waals surface area contributed by atoms with Crippen LogP contribution in [0.15, 0.2) is 36.4 Å². The van der Waals surface area contributed by atoms with Crippen molar-refractivity contribution < 1.29 is 5.11 Å². The fraction of sp³-hybridized carbons (Fsp3) is 0.333. The number of likely N-dealkylation sites (N-methyl/N-ethyl adjacent to an activating group) is 1. The average Bonchev–Trinajstić information content (AvgIpc) is 2.74. The summed E-state index contributed by atoms with van der Waals surface area (Å²) in [5.74, 6) is 0.506. The summed E-state index contributed by atoms with van der Waals surface area (Å²) in [6.45, 7) is 2.00. The van der Waals surface area contributed by atoms with Crippen molar-refractivity contribution in [3.8, 4) is 5.75 Å². The van der Waals surface area contributed by atoms with Crippen LogP contribution in [-0.2, 0) is 6.42 Å². The third-order valence-corrected chi connectivity index (χ3v) is 5.65. The third-order valence-electron chi connectivity index (χ3n) is 5.35. The second-order valence-electron chi connectivity index (χ2n) is 6.92. The van der Waals surface area contributed by atoms with E-state index in [0.29, 0.717) is 10.9 Å². The number of benzene rings is 2. The van der Waals surface area contributed by atoms with E-state index in [1.807, 2.05) is 12.1 Å². The minimum absolute atomic E-state index is 0.196. The highest BCUT2D eigenvalue weighted by Gasteiger charge is 2.26. The standard InChI is InChI=1S/C21H22ClNO/c1-23-10-9-15-11-20(22)21(24)12-18(15)19(13-23)17-8-4-6-14-5-2-3-7-16(14)17/h2-3,5-7,11-12,19,24H,4,8-10,13H2,1H3. The van der Waals surface area contributed by atoms with Gasteiger partial charge in [-0.3, -0.25) is 0 Å². The molecule has 0 radical (unpaired) electrons. The van der Waals surface area contributed by atoms with Gasteiger partial charge in [-0.05, 0) is 60.0 Å². The monoisotopic (exact) mass is 339 g/mol. The molecule has 0 spiro atoms. The maximum absolute atomic E-state index is 10.2. The maximum Gasteiger partial charge on any atom is 0.134 e. The third kappa shape index (κ3) is 2.74. The number of aromatic hydroxyl groups is 1. The molecule has 124 valence electrons. The van der Waals surface area contributed by atoms with Crippen molar-refractivity contribution in [3.63, 3.8) is 0 Å². The van der Waals surface area contributed by atoms with Crippen LogP contribution in [0, 0.1) is 0 Å². The predicted octanol–water partition coefficient (Wildman–Crippen LogP) is 3.04. The molecule has 2 nitrogen and oxygen atoms in total. The smallest absolute Gasteiger partial charge is 0.134 e. The molecule has 0 saturated heterocycles. The Labute approximate surface area is 147 Å².